The van der Waals surface area contributed by atoms with Gasteiger partial charge < -0.3 is 9.64 Å². The normalized spacial score (nSPS) is 15.4. The van der Waals surface area contributed by atoms with Crippen LogP contribution < -0.4 is 9.64 Å². The molecule has 4 rings (SSSR count). The summed E-state index contributed by atoms with van der Waals surface area (Å²) in [4.78, 5) is 7.09. The van der Waals surface area contributed by atoms with Gasteiger partial charge in [0.15, 0.2) is 5.75 Å². The molecule has 1 aliphatic heterocycles. The molecule has 0 spiro atoms. The second-order valence-corrected chi connectivity index (χ2v) is 5.80. The molecule has 0 saturated heterocycles. The van der Waals surface area contributed by atoms with Crippen molar-refractivity contribution < 1.29 is 4.74 Å². The van der Waals surface area contributed by atoms with Gasteiger partial charge in [-0.3, -0.25) is 0 Å². The van der Waals surface area contributed by atoms with E-state index in [1.807, 2.05) is 6.08 Å². The number of nitrogens with zero attached hydrogens (tertiary/aromatic N) is 2. The van der Waals surface area contributed by atoms with Gasteiger partial charge in [-0.2, -0.15) is 0 Å². The van der Waals surface area contributed by atoms with Gasteiger partial charge in [0.1, 0.15) is 17.2 Å². The summed E-state index contributed by atoms with van der Waals surface area (Å²) in [6.07, 6.45) is 7.13. The molecule has 0 unspecified atom stereocenters. The van der Waals surface area contributed by atoms with E-state index < -0.39 is 0 Å². The summed E-state index contributed by atoms with van der Waals surface area (Å²) in [5, 5.41) is 2.32. The van der Waals surface area contributed by atoms with Crippen LogP contribution in [0.25, 0.3) is 10.8 Å². The van der Waals surface area contributed by atoms with E-state index in [2.05, 4.69) is 61.2 Å². The highest BCUT2D eigenvalue weighted by Crippen LogP contribution is 2.41. The monoisotopic (exact) mass is 304 g/mol. The number of anilines is 1. The first-order valence-corrected chi connectivity index (χ1v) is 8.25. The van der Waals surface area contributed by atoms with E-state index in [9.17, 15) is 0 Å². The molecule has 2 aliphatic rings. The van der Waals surface area contributed by atoms with Crippen LogP contribution in [0.15, 0.2) is 59.3 Å². The van der Waals surface area contributed by atoms with Crippen LogP contribution in [0.5, 0.6) is 5.75 Å². The number of hydrogen-bond acceptors (Lipinski definition) is 3. The fraction of sp³-hybridized carbons (Fsp3) is 0.250. The summed E-state index contributed by atoms with van der Waals surface area (Å²) in [5.41, 5.74) is 3.08. The lowest BCUT2D eigenvalue weighted by Gasteiger charge is -2.23. The van der Waals surface area contributed by atoms with Crippen molar-refractivity contribution in [2.24, 2.45) is 4.99 Å². The standard InChI is InChI=1S/C20H20N2O/c1-3-22(4-2)15-10-11-16-14(13-15)9-12-18-20(16)23-19-8-6-5-7-17(19)21-18/h5,7-13H,3-4,6H2,1-2H3. The molecule has 0 atom stereocenters. The van der Waals surface area contributed by atoms with Crippen LogP contribution in [0.3, 0.4) is 0 Å². The van der Waals surface area contributed by atoms with Crippen molar-refractivity contribution in [3.63, 3.8) is 0 Å². The van der Waals surface area contributed by atoms with E-state index in [0.29, 0.717) is 0 Å². The minimum absolute atomic E-state index is 0.874. The van der Waals surface area contributed by atoms with Gasteiger partial charge in [-0.1, -0.05) is 12.1 Å². The maximum atomic E-state index is 6.17. The van der Waals surface area contributed by atoms with Gasteiger partial charge in [0, 0.05) is 24.2 Å². The number of rotatable bonds is 3. The number of fused-ring (bicyclic) bond motifs is 4. The summed E-state index contributed by atoms with van der Waals surface area (Å²) < 4.78 is 6.17. The van der Waals surface area contributed by atoms with Crippen molar-refractivity contribution in [3.05, 3.63) is 54.3 Å². The molecule has 0 bridgehead atoms. The molecule has 2 aromatic carbocycles. The van der Waals surface area contributed by atoms with Crippen molar-refractivity contribution in [1.29, 1.82) is 0 Å². The Kier molecular flexibility index (Phi) is 3.41. The van der Waals surface area contributed by atoms with Crippen molar-refractivity contribution >= 4 is 27.9 Å². The van der Waals surface area contributed by atoms with E-state index in [4.69, 9.17) is 9.73 Å². The predicted molar refractivity (Wildman–Crippen MR) is 97.1 cm³/mol. The second-order valence-electron chi connectivity index (χ2n) is 5.80. The molecular weight excluding hydrogens is 284 g/mol. The van der Waals surface area contributed by atoms with Crippen LogP contribution in [0, 0.1) is 0 Å². The predicted octanol–water partition coefficient (Wildman–Crippen LogP) is 4.99. The maximum Gasteiger partial charge on any atom is 0.160 e. The third-order valence-electron chi connectivity index (χ3n) is 4.48. The fourth-order valence-electron chi connectivity index (χ4n) is 3.23. The quantitative estimate of drug-likeness (QED) is 0.797. The fourth-order valence-corrected chi connectivity index (χ4v) is 3.23. The first-order chi connectivity index (χ1) is 11.3. The molecule has 23 heavy (non-hydrogen) atoms. The third-order valence-corrected chi connectivity index (χ3v) is 4.48. The molecule has 116 valence electrons. The topological polar surface area (TPSA) is 24.8 Å². The highest BCUT2D eigenvalue weighted by molar-refractivity contribution is 6.12. The first-order valence-electron chi connectivity index (χ1n) is 8.25. The Labute approximate surface area is 136 Å². The molecule has 1 aliphatic carbocycles. The van der Waals surface area contributed by atoms with Gasteiger partial charge in [-0.15, -0.1) is 0 Å². The van der Waals surface area contributed by atoms with Crippen molar-refractivity contribution in [2.45, 2.75) is 20.3 Å². The summed E-state index contributed by atoms with van der Waals surface area (Å²) >= 11 is 0. The zero-order valence-electron chi connectivity index (χ0n) is 13.5. The Balaban J connectivity index is 1.85. The van der Waals surface area contributed by atoms with Crippen LogP contribution in [0.4, 0.5) is 11.4 Å². The SMILES string of the molecule is CCN(CC)c1ccc2c3c(ccc2c1)N=C1C=CCC=C1O3. The van der Waals surface area contributed by atoms with Gasteiger partial charge >= 0.3 is 0 Å². The summed E-state index contributed by atoms with van der Waals surface area (Å²) in [7, 11) is 0. The minimum Gasteiger partial charge on any atom is -0.452 e. The van der Waals surface area contributed by atoms with Crippen LogP contribution in [-0.2, 0) is 0 Å². The Morgan fingerprint density at radius 1 is 1.13 bits per heavy atom. The molecule has 2 aromatic rings. The molecule has 0 amide bonds. The number of ether oxygens (including phenoxy) is 1. The maximum absolute atomic E-state index is 6.17. The Hall–Kier alpha value is -2.55. The largest absolute Gasteiger partial charge is 0.452 e. The van der Waals surface area contributed by atoms with Crippen LogP contribution in [0.1, 0.15) is 20.3 Å². The molecule has 3 nitrogen and oxygen atoms in total. The van der Waals surface area contributed by atoms with E-state index in [1.54, 1.807) is 0 Å². The van der Waals surface area contributed by atoms with Crippen molar-refractivity contribution in [2.75, 3.05) is 18.0 Å². The van der Waals surface area contributed by atoms with E-state index in [1.165, 1.54) is 11.1 Å². The van der Waals surface area contributed by atoms with E-state index >= 15 is 0 Å². The zero-order chi connectivity index (χ0) is 15.8. The molecule has 0 N–H and O–H groups in total. The highest BCUT2D eigenvalue weighted by atomic mass is 16.5. The average Bonchev–Trinajstić information content (AvgIpc) is 2.61. The molecule has 3 heteroatoms. The van der Waals surface area contributed by atoms with Gasteiger partial charge in [-0.25, -0.2) is 4.99 Å². The van der Waals surface area contributed by atoms with Crippen molar-refractivity contribution in [1.82, 2.24) is 0 Å². The van der Waals surface area contributed by atoms with Crippen LogP contribution in [0.2, 0.25) is 0 Å². The Morgan fingerprint density at radius 3 is 2.83 bits per heavy atom. The van der Waals surface area contributed by atoms with E-state index in [-0.39, 0.29) is 0 Å². The Bertz CT molecular complexity index is 857. The number of aliphatic imine (C=N–C) groups is 1. The number of benzene rings is 2. The van der Waals surface area contributed by atoms with Gasteiger partial charge in [0.25, 0.3) is 0 Å². The molecule has 0 radical (unpaired) electrons. The average molecular weight is 304 g/mol. The Morgan fingerprint density at radius 2 is 2.00 bits per heavy atom. The highest BCUT2D eigenvalue weighted by Gasteiger charge is 2.20. The first kappa shape index (κ1) is 14.1. The smallest absolute Gasteiger partial charge is 0.160 e. The third kappa shape index (κ3) is 2.33. The summed E-state index contributed by atoms with van der Waals surface area (Å²) in [6, 6.07) is 10.8. The molecule has 0 fully saturated rings. The summed E-state index contributed by atoms with van der Waals surface area (Å²) in [6.45, 7) is 6.39. The van der Waals surface area contributed by atoms with Gasteiger partial charge in [0.05, 0.1) is 0 Å². The van der Waals surface area contributed by atoms with Crippen molar-refractivity contribution in [3.8, 4) is 5.75 Å². The minimum atomic E-state index is 0.874. The van der Waals surface area contributed by atoms with Crippen LogP contribution in [-0.4, -0.2) is 18.8 Å². The lowest BCUT2D eigenvalue weighted by Crippen LogP contribution is -2.21. The second kappa shape index (κ2) is 5.58. The van der Waals surface area contributed by atoms with Gasteiger partial charge in [-0.05, 0) is 62.1 Å². The summed E-state index contributed by atoms with van der Waals surface area (Å²) in [5.74, 6) is 1.75. The van der Waals surface area contributed by atoms with E-state index in [0.717, 1.165) is 47.8 Å². The molecule has 1 heterocycles. The lowest BCUT2D eigenvalue weighted by atomic mass is 10.0. The number of hydrogen-bond donors (Lipinski definition) is 0. The molecule has 0 saturated carbocycles. The lowest BCUT2D eigenvalue weighted by molar-refractivity contribution is 0.453. The van der Waals surface area contributed by atoms with Crippen LogP contribution >= 0.6 is 0 Å². The van der Waals surface area contributed by atoms with Gasteiger partial charge in [0.2, 0.25) is 0 Å². The molecule has 0 aromatic heterocycles. The number of allylic oxidation sites excluding steroid dienone is 3. The zero-order valence-corrected chi connectivity index (χ0v) is 13.5. The molecular formula is C20H20N2O.